The molecule has 0 unspecified atom stereocenters. The minimum Gasteiger partial charge on any atom is -0.497 e. The molecule has 0 fully saturated rings. The number of hydrogen-bond donors (Lipinski definition) is 1. The second-order valence-electron chi connectivity index (χ2n) is 8.37. The summed E-state index contributed by atoms with van der Waals surface area (Å²) in [6.07, 6.45) is 0.123. The van der Waals surface area contributed by atoms with Gasteiger partial charge in [-0.15, -0.1) is 0 Å². The van der Waals surface area contributed by atoms with Crippen molar-refractivity contribution in [3.63, 3.8) is 0 Å². The zero-order valence-electron chi connectivity index (χ0n) is 20.6. The van der Waals surface area contributed by atoms with Crippen molar-refractivity contribution in [2.45, 2.75) is 13.0 Å². The average molecular weight is 499 g/mol. The van der Waals surface area contributed by atoms with Crippen LogP contribution in [0.1, 0.15) is 21.5 Å². The predicted molar refractivity (Wildman–Crippen MR) is 142 cm³/mol. The predicted octanol–water partition coefficient (Wildman–Crippen LogP) is 5.87. The molecule has 1 N–H and O–H groups in total. The second kappa shape index (κ2) is 11.9. The standard InChI is InChI=1S/C30H27FN2O4/c1-36-27-15-13-25(14-16-27)32-29(34)18-22-5-3-7-26(17-22)33(20-21-9-11-24(31)12-10-21)30(35)23-6-4-8-28(19-23)37-2/h3-17,19H,18,20H2,1-2H3,(H,32,34). The molecule has 0 radical (unpaired) electrons. The fourth-order valence-electron chi connectivity index (χ4n) is 3.86. The summed E-state index contributed by atoms with van der Waals surface area (Å²) in [5.74, 6) is 0.484. The molecule has 0 spiro atoms. The Morgan fingerprint density at radius 2 is 1.49 bits per heavy atom. The van der Waals surface area contributed by atoms with Crippen molar-refractivity contribution in [2.24, 2.45) is 0 Å². The lowest BCUT2D eigenvalue weighted by molar-refractivity contribution is -0.115. The second-order valence-corrected chi connectivity index (χ2v) is 8.37. The summed E-state index contributed by atoms with van der Waals surface area (Å²) in [4.78, 5) is 27.9. The van der Waals surface area contributed by atoms with E-state index in [1.807, 2.05) is 24.3 Å². The van der Waals surface area contributed by atoms with Gasteiger partial charge in [0.25, 0.3) is 5.91 Å². The average Bonchev–Trinajstić information content (AvgIpc) is 2.93. The molecule has 188 valence electrons. The highest BCUT2D eigenvalue weighted by Gasteiger charge is 2.20. The Hall–Kier alpha value is -4.65. The van der Waals surface area contributed by atoms with Crippen LogP contribution in [0.4, 0.5) is 15.8 Å². The highest BCUT2D eigenvalue weighted by atomic mass is 19.1. The molecule has 0 aromatic heterocycles. The van der Waals surface area contributed by atoms with Crippen LogP contribution in [0.5, 0.6) is 11.5 Å². The molecule has 6 nitrogen and oxygen atoms in total. The van der Waals surface area contributed by atoms with Crippen LogP contribution in [0.2, 0.25) is 0 Å². The summed E-state index contributed by atoms with van der Waals surface area (Å²) in [6.45, 7) is 0.220. The fraction of sp³-hybridized carbons (Fsp3) is 0.133. The third-order valence-electron chi connectivity index (χ3n) is 5.78. The number of methoxy groups -OCH3 is 2. The van der Waals surface area contributed by atoms with Crippen molar-refractivity contribution >= 4 is 23.2 Å². The van der Waals surface area contributed by atoms with Crippen LogP contribution >= 0.6 is 0 Å². The SMILES string of the molecule is COc1ccc(NC(=O)Cc2cccc(N(Cc3ccc(F)cc3)C(=O)c3cccc(OC)c3)c2)cc1. The first kappa shape index (κ1) is 25.4. The van der Waals surface area contributed by atoms with Crippen molar-refractivity contribution in [3.8, 4) is 11.5 Å². The Bertz CT molecular complexity index is 1370. The van der Waals surface area contributed by atoms with Gasteiger partial charge in [-0.2, -0.15) is 0 Å². The van der Waals surface area contributed by atoms with Crippen LogP contribution in [0, 0.1) is 5.82 Å². The Labute approximate surface area is 215 Å². The maximum atomic E-state index is 13.6. The van der Waals surface area contributed by atoms with E-state index in [0.717, 1.165) is 11.1 Å². The van der Waals surface area contributed by atoms with Crippen LogP contribution in [0.3, 0.4) is 0 Å². The van der Waals surface area contributed by atoms with Gasteiger partial charge in [0.1, 0.15) is 17.3 Å². The summed E-state index contributed by atoms with van der Waals surface area (Å²) >= 11 is 0. The van der Waals surface area contributed by atoms with E-state index in [4.69, 9.17) is 9.47 Å². The lowest BCUT2D eigenvalue weighted by Gasteiger charge is -2.24. The summed E-state index contributed by atoms with van der Waals surface area (Å²) in [5.41, 5.74) is 3.23. The van der Waals surface area contributed by atoms with E-state index in [-0.39, 0.29) is 30.6 Å². The van der Waals surface area contributed by atoms with Crippen LogP contribution in [-0.4, -0.2) is 26.0 Å². The van der Waals surface area contributed by atoms with Gasteiger partial charge in [-0.25, -0.2) is 4.39 Å². The third kappa shape index (κ3) is 6.73. The number of rotatable bonds is 9. The molecule has 7 heteroatoms. The number of amides is 2. The van der Waals surface area contributed by atoms with Gasteiger partial charge in [-0.05, 0) is 77.9 Å². The van der Waals surface area contributed by atoms with Gasteiger partial charge in [0.2, 0.25) is 5.91 Å². The minimum absolute atomic E-state index is 0.123. The topological polar surface area (TPSA) is 67.9 Å². The van der Waals surface area contributed by atoms with Crippen LogP contribution in [-0.2, 0) is 17.8 Å². The van der Waals surface area contributed by atoms with E-state index in [0.29, 0.717) is 28.4 Å². The zero-order chi connectivity index (χ0) is 26.2. The van der Waals surface area contributed by atoms with Crippen molar-refractivity contribution < 1.29 is 23.5 Å². The van der Waals surface area contributed by atoms with Crippen molar-refractivity contribution in [2.75, 3.05) is 24.4 Å². The number of nitrogens with one attached hydrogen (secondary N) is 1. The van der Waals surface area contributed by atoms with E-state index in [1.165, 1.54) is 12.1 Å². The monoisotopic (exact) mass is 498 g/mol. The molecule has 0 aliphatic heterocycles. The Balaban J connectivity index is 1.58. The molecule has 4 aromatic rings. The number of hydrogen-bond acceptors (Lipinski definition) is 4. The first-order chi connectivity index (χ1) is 17.9. The maximum absolute atomic E-state index is 13.6. The molecule has 0 aliphatic rings. The molecule has 0 saturated carbocycles. The highest BCUT2D eigenvalue weighted by molar-refractivity contribution is 6.06. The van der Waals surface area contributed by atoms with Gasteiger partial charge in [0.05, 0.1) is 27.2 Å². The number of halogens is 1. The quantitative estimate of drug-likeness (QED) is 0.313. The maximum Gasteiger partial charge on any atom is 0.258 e. The first-order valence-electron chi connectivity index (χ1n) is 11.7. The summed E-state index contributed by atoms with van der Waals surface area (Å²) in [5, 5.41) is 2.87. The number of carbonyl (C=O) groups excluding carboxylic acids is 2. The van der Waals surface area contributed by atoms with Crippen molar-refractivity contribution in [1.29, 1.82) is 0 Å². The lowest BCUT2D eigenvalue weighted by Crippen LogP contribution is -2.30. The first-order valence-corrected chi connectivity index (χ1v) is 11.7. The van der Waals surface area contributed by atoms with E-state index in [9.17, 15) is 14.0 Å². The van der Waals surface area contributed by atoms with E-state index >= 15 is 0 Å². The van der Waals surface area contributed by atoms with Gasteiger partial charge < -0.3 is 19.7 Å². The van der Waals surface area contributed by atoms with E-state index < -0.39 is 0 Å². The van der Waals surface area contributed by atoms with Crippen LogP contribution in [0.25, 0.3) is 0 Å². The Kier molecular flexibility index (Phi) is 8.15. The molecule has 0 aliphatic carbocycles. The van der Waals surface area contributed by atoms with Gasteiger partial charge in [0, 0.05) is 16.9 Å². The number of benzene rings is 4. The molecule has 2 amide bonds. The van der Waals surface area contributed by atoms with Gasteiger partial charge in [-0.3, -0.25) is 9.59 Å². The number of carbonyl (C=O) groups is 2. The molecule has 0 saturated heterocycles. The summed E-state index contributed by atoms with van der Waals surface area (Å²) in [6, 6.07) is 27.3. The normalized spacial score (nSPS) is 10.5. The summed E-state index contributed by atoms with van der Waals surface area (Å²) in [7, 11) is 3.12. The molecule has 4 rings (SSSR count). The number of nitrogens with zero attached hydrogens (tertiary/aromatic N) is 1. The van der Waals surface area contributed by atoms with Crippen LogP contribution in [0.15, 0.2) is 97.1 Å². The van der Waals surface area contributed by atoms with E-state index in [1.54, 1.807) is 79.8 Å². The highest BCUT2D eigenvalue weighted by Crippen LogP contribution is 2.24. The molecule has 4 aromatic carbocycles. The van der Waals surface area contributed by atoms with Gasteiger partial charge in [-0.1, -0.05) is 30.3 Å². The van der Waals surface area contributed by atoms with Crippen molar-refractivity contribution in [3.05, 3.63) is 120 Å². The molecule has 0 heterocycles. The zero-order valence-corrected chi connectivity index (χ0v) is 20.6. The molecular weight excluding hydrogens is 471 g/mol. The van der Waals surface area contributed by atoms with E-state index in [2.05, 4.69) is 5.32 Å². The van der Waals surface area contributed by atoms with Gasteiger partial charge >= 0.3 is 0 Å². The van der Waals surface area contributed by atoms with Gasteiger partial charge in [0.15, 0.2) is 0 Å². The van der Waals surface area contributed by atoms with Crippen LogP contribution < -0.4 is 19.7 Å². The molecule has 37 heavy (non-hydrogen) atoms. The fourth-order valence-corrected chi connectivity index (χ4v) is 3.86. The number of anilines is 2. The largest absolute Gasteiger partial charge is 0.497 e. The summed E-state index contributed by atoms with van der Waals surface area (Å²) < 4.78 is 23.9. The lowest BCUT2D eigenvalue weighted by atomic mass is 10.1. The Morgan fingerprint density at radius 1 is 0.784 bits per heavy atom. The molecule has 0 bridgehead atoms. The number of ether oxygens (including phenoxy) is 2. The molecular formula is C30H27FN2O4. The Morgan fingerprint density at radius 3 is 2.19 bits per heavy atom. The van der Waals surface area contributed by atoms with Crippen molar-refractivity contribution in [1.82, 2.24) is 0 Å². The smallest absolute Gasteiger partial charge is 0.258 e. The molecule has 0 atom stereocenters. The third-order valence-corrected chi connectivity index (χ3v) is 5.78. The minimum atomic E-state index is -0.348.